The van der Waals surface area contributed by atoms with Gasteiger partial charge in [0.05, 0.1) is 5.52 Å². The fourth-order valence-electron chi connectivity index (χ4n) is 3.99. The van der Waals surface area contributed by atoms with Gasteiger partial charge in [0.2, 0.25) is 0 Å². The third-order valence-corrected chi connectivity index (χ3v) is 5.54. The van der Waals surface area contributed by atoms with Gasteiger partial charge in [-0.15, -0.1) is 0 Å². The Kier molecular flexibility index (Phi) is 4.64. The van der Waals surface area contributed by atoms with Gasteiger partial charge in [-0.1, -0.05) is 30.3 Å². The maximum atomic E-state index is 12.0. The molecular weight excluding hydrogens is 374 g/mol. The van der Waals surface area contributed by atoms with E-state index in [1.807, 2.05) is 48.5 Å². The summed E-state index contributed by atoms with van der Waals surface area (Å²) in [5.74, 6) is 1.24. The zero-order valence-corrected chi connectivity index (χ0v) is 16.8. The summed E-state index contributed by atoms with van der Waals surface area (Å²) >= 11 is 0. The number of hydrogen-bond acceptors (Lipinski definition) is 4. The van der Waals surface area contributed by atoms with Crippen LogP contribution in [0.5, 0.6) is 11.5 Å². The summed E-state index contributed by atoms with van der Waals surface area (Å²) in [6, 6.07) is 23.6. The molecule has 150 valence electrons. The first-order chi connectivity index (χ1) is 14.7. The summed E-state index contributed by atoms with van der Waals surface area (Å²) in [7, 11) is 2.14. The van der Waals surface area contributed by atoms with Crippen molar-refractivity contribution in [3.63, 3.8) is 0 Å². The van der Waals surface area contributed by atoms with Crippen molar-refractivity contribution >= 4 is 22.3 Å². The minimum absolute atomic E-state index is 0.180. The second-order valence-electron chi connectivity index (χ2n) is 7.66. The monoisotopic (exact) mass is 397 g/mol. The minimum Gasteiger partial charge on any atom is -0.456 e. The molecule has 4 aromatic rings. The molecule has 0 spiro atoms. The van der Waals surface area contributed by atoms with Crippen LogP contribution in [0.3, 0.4) is 0 Å². The maximum Gasteiger partial charge on any atom is 0.252 e. The number of anilines is 2. The number of benzene rings is 3. The first-order valence-electron chi connectivity index (χ1n) is 10.1. The topological polar surface area (TPSA) is 57.4 Å². The molecule has 0 saturated carbocycles. The number of fused-ring (bicyclic) bond motifs is 2. The largest absolute Gasteiger partial charge is 0.456 e. The van der Waals surface area contributed by atoms with Gasteiger partial charge >= 0.3 is 0 Å². The van der Waals surface area contributed by atoms with E-state index in [0.29, 0.717) is 11.5 Å². The first-order valence-corrected chi connectivity index (χ1v) is 10.1. The van der Waals surface area contributed by atoms with E-state index in [1.165, 1.54) is 22.9 Å². The normalized spacial score (nSPS) is 12.8. The van der Waals surface area contributed by atoms with Crippen molar-refractivity contribution in [2.75, 3.05) is 23.8 Å². The van der Waals surface area contributed by atoms with Crippen LogP contribution in [-0.4, -0.2) is 18.6 Å². The van der Waals surface area contributed by atoms with Gasteiger partial charge in [0, 0.05) is 49.0 Å². The second kappa shape index (κ2) is 7.59. The van der Waals surface area contributed by atoms with Gasteiger partial charge in [0.15, 0.2) is 0 Å². The van der Waals surface area contributed by atoms with Gasteiger partial charge in [-0.2, -0.15) is 0 Å². The van der Waals surface area contributed by atoms with E-state index < -0.39 is 0 Å². The Labute approximate surface area is 174 Å². The molecule has 1 aromatic heterocycles. The Morgan fingerprint density at radius 3 is 2.87 bits per heavy atom. The Balaban J connectivity index is 1.34. The number of H-pyrrole nitrogens is 1. The smallest absolute Gasteiger partial charge is 0.252 e. The highest BCUT2D eigenvalue weighted by Crippen LogP contribution is 2.30. The van der Waals surface area contributed by atoms with Gasteiger partial charge in [0.1, 0.15) is 11.5 Å². The number of aromatic nitrogens is 1. The van der Waals surface area contributed by atoms with Crippen molar-refractivity contribution in [3.8, 4) is 11.5 Å². The molecule has 1 aliphatic rings. The summed E-state index contributed by atoms with van der Waals surface area (Å²) in [4.78, 5) is 17.1. The van der Waals surface area contributed by atoms with Crippen molar-refractivity contribution in [2.45, 2.75) is 13.0 Å². The van der Waals surface area contributed by atoms with Gasteiger partial charge < -0.3 is 19.9 Å². The van der Waals surface area contributed by atoms with E-state index in [0.717, 1.165) is 36.1 Å². The molecule has 0 radical (unpaired) electrons. The molecule has 5 nitrogen and oxygen atoms in total. The van der Waals surface area contributed by atoms with Crippen LogP contribution in [0.1, 0.15) is 11.1 Å². The average Bonchev–Trinajstić information content (AvgIpc) is 3.12. The van der Waals surface area contributed by atoms with E-state index in [4.69, 9.17) is 4.74 Å². The molecule has 5 rings (SSSR count). The molecule has 3 aromatic carbocycles. The highest BCUT2D eigenvalue weighted by Gasteiger charge is 2.15. The highest BCUT2D eigenvalue weighted by atomic mass is 16.5. The Morgan fingerprint density at radius 2 is 1.93 bits per heavy atom. The van der Waals surface area contributed by atoms with Gasteiger partial charge in [0.25, 0.3) is 5.56 Å². The Morgan fingerprint density at radius 1 is 1.03 bits per heavy atom. The molecule has 0 bridgehead atoms. The van der Waals surface area contributed by atoms with Crippen molar-refractivity contribution in [3.05, 3.63) is 94.3 Å². The molecule has 5 heteroatoms. The van der Waals surface area contributed by atoms with Crippen LogP contribution < -0.4 is 20.5 Å². The molecule has 2 N–H and O–H groups in total. The second-order valence-corrected chi connectivity index (χ2v) is 7.66. The lowest BCUT2D eigenvalue weighted by molar-refractivity contribution is 0.487. The third kappa shape index (κ3) is 3.62. The van der Waals surface area contributed by atoms with Gasteiger partial charge in [-0.3, -0.25) is 4.79 Å². The zero-order chi connectivity index (χ0) is 20.5. The predicted molar refractivity (Wildman–Crippen MR) is 122 cm³/mol. The van der Waals surface area contributed by atoms with Crippen molar-refractivity contribution in [1.29, 1.82) is 0 Å². The van der Waals surface area contributed by atoms with Crippen LogP contribution in [0.15, 0.2) is 77.6 Å². The van der Waals surface area contributed by atoms with E-state index >= 15 is 0 Å². The number of pyridine rings is 1. The number of aromatic amines is 1. The minimum atomic E-state index is -0.180. The fraction of sp³-hybridized carbons (Fsp3) is 0.160. The summed E-state index contributed by atoms with van der Waals surface area (Å²) in [5, 5.41) is 4.35. The summed E-state index contributed by atoms with van der Waals surface area (Å²) in [5.41, 5.74) is 5.56. The standard InChI is InChI=1S/C25H23N3O2/c1-28-12-11-18-13-17(9-10-23(18)28)16-26-19-5-4-6-20(14-19)30-24-15-25(29)27-22-8-3-2-7-21(22)24/h2-10,13-15,26H,11-12,16H2,1H3,(H,27,29). The zero-order valence-electron chi connectivity index (χ0n) is 16.8. The number of rotatable bonds is 5. The lowest BCUT2D eigenvalue weighted by atomic mass is 10.1. The molecule has 0 fully saturated rings. The molecular formula is C25H23N3O2. The highest BCUT2D eigenvalue weighted by molar-refractivity contribution is 5.84. The summed E-state index contributed by atoms with van der Waals surface area (Å²) < 4.78 is 6.07. The Bertz CT molecular complexity index is 1280. The molecule has 0 saturated heterocycles. The fourth-order valence-corrected chi connectivity index (χ4v) is 3.99. The van der Waals surface area contributed by atoms with E-state index in [1.54, 1.807) is 0 Å². The quantitative estimate of drug-likeness (QED) is 0.502. The lowest BCUT2D eigenvalue weighted by Gasteiger charge is -2.13. The number of ether oxygens (including phenoxy) is 1. The van der Waals surface area contributed by atoms with Crippen LogP contribution >= 0.6 is 0 Å². The third-order valence-electron chi connectivity index (χ3n) is 5.54. The van der Waals surface area contributed by atoms with Crippen molar-refractivity contribution < 1.29 is 4.74 Å². The number of hydrogen-bond donors (Lipinski definition) is 2. The van der Waals surface area contributed by atoms with E-state index in [-0.39, 0.29) is 5.56 Å². The number of para-hydroxylation sites is 1. The Hall–Kier alpha value is -3.73. The maximum absolute atomic E-state index is 12.0. The van der Waals surface area contributed by atoms with E-state index in [9.17, 15) is 4.79 Å². The molecule has 0 aliphatic carbocycles. The number of likely N-dealkylation sites (N-methyl/N-ethyl adjacent to an activating group) is 1. The van der Waals surface area contributed by atoms with Crippen LogP contribution in [0.2, 0.25) is 0 Å². The van der Waals surface area contributed by atoms with Gasteiger partial charge in [-0.25, -0.2) is 0 Å². The van der Waals surface area contributed by atoms with Crippen LogP contribution in [0.4, 0.5) is 11.4 Å². The summed E-state index contributed by atoms with van der Waals surface area (Å²) in [6.07, 6.45) is 1.10. The first kappa shape index (κ1) is 18.3. The van der Waals surface area contributed by atoms with Crippen molar-refractivity contribution in [2.24, 2.45) is 0 Å². The van der Waals surface area contributed by atoms with Crippen LogP contribution in [-0.2, 0) is 13.0 Å². The lowest BCUT2D eigenvalue weighted by Crippen LogP contribution is -2.12. The molecule has 0 unspecified atom stereocenters. The molecule has 1 aliphatic heterocycles. The van der Waals surface area contributed by atoms with Gasteiger partial charge in [-0.05, 0) is 47.9 Å². The number of nitrogens with one attached hydrogen (secondary N) is 2. The molecule has 0 amide bonds. The SMILES string of the molecule is CN1CCc2cc(CNc3cccc(Oc4cc(=O)[nH]c5ccccc45)c3)ccc21. The van der Waals surface area contributed by atoms with Crippen molar-refractivity contribution in [1.82, 2.24) is 4.98 Å². The van der Waals surface area contributed by atoms with Crippen LogP contribution in [0, 0.1) is 0 Å². The summed E-state index contributed by atoms with van der Waals surface area (Å²) in [6.45, 7) is 1.83. The molecule has 0 atom stereocenters. The molecule has 2 heterocycles. The van der Waals surface area contributed by atoms with E-state index in [2.05, 4.69) is 40.4 Å². The average molecular weight is 397 g/mol. The number of nitrogens with zero attached hydrogens (tertiary/aromatic N) is 1. The molecule has 30 heavy (non-hydrogen) atoms. The predicted octanol–water partition coefficient (Wildman–Crippen LogP) is 4.92. The van der Waals surface area contributed by atoms with Crippen LogP contribution in [0.25, 0.3) is 10.9 Å².